The van der Waals surface area contributed by atoms with Crippen LogP contribution >= 0.6 is 0 Å². The Kier molecular flexibility index (Phi) is 16.8. The van der Waals surface area contributed by atoms with E-state index in [9.17, 15) is 4.79 Å². The van der Waals surface area contributed by atoms with Crippen LogP contribution in [0.3, 0.4) is 0 Å². The number of unbranched alkanes of at least 4 members (excludes halogenated alkanes) is 11. The summed E-state index contributed by atoms with van der Waals surface area (Å²) >= 11 is 0. The Morgan fingerprint density at radius 3 is 1.63 bits per heavy atom. The van der Waals surface area contributed by atoms with E-state index in [1.807, 2.05) is 0 Å². The minimum atomic E-state index is -1.96. The second kappa shape index (κ2) is 18.0. The van der Waals surface area contributed by atoms with Crippen LogP contribution in [0.5, 0.6) is 0 Å². The first-order valence-electron chi connectivity index (χ1n) is 15.6. The van der Waals surface area contributed by atoms with E-state index >= 15 is 0 Å². The molecule has 1 saturated heterocycles. The van der Waals surface area contributed by atoms with Crippen LogP contribution in [0.1, 0.15) is 158 Å². The van der Waals surface area contributed by atoms with Crippen LogP contribution in [0.2, 0.25) is 16.6 Å². The Morgan fingerprint density at radius 1 is 0.714 bits per heavy atom. The normalized spacial score (nSPS) is 19.5. The zero-order valence-electron chi connectivity index (χ0n) is 25.0. The topological polar surface area (TPSA) is 35.5 Å². The molecule has 3 nitrogen and oxygen atoms in total. The lowest BCUT2D eigenvalue weighted by Crippen LogP contribution is -2.52. The number of esters is 1. The second-order valence-corrected chi connectivity index (χ2v) is 17.7. The fraction of sp³-hybridized carbons (Fsp3) is 0.968. The highest BCUT2D eigenvalue weighted by molar-refractivity contribution is 6.77. The van der Waals surface area contributed by atoms with Crippen molar-refractivity contribution in [1.29, 1.82) is 0 Å². The smallest absolute Gasteiger partial charge is 0.313 e. The van der Waals surface area contributed by atoms with Crippen molar-refractivity contribution in [2.24, 2.45) is 5.92 Å². The maximum Gasteiger partial charge on any atom is 0.313 e. The summed E-state index contributed by atoms with van der Waals surface area (Å²) in [6.45, 7) is 18.8. The Bertz CT molecular complexity index is 524. The van der Waals surface area contributed by atoms with Gasteiger partial charge in [0.2, 0.25) is 8.32 Å². The van der Waals surface area contributed by atoms with Crippen LogP contribution in [0.25, 0.3) is 0 Å². The van der Waals surface area contributed by atoms with Gasteiger partial charge in [-0.1, -0.05) is 139 Å². The summed E-state index contributed by atoms with van der Waals surface area (Å²) < 4.78 is 13.0. The van der Waals surface area contributed by atoms with Crippen molar-refractivity contribution in [3.05, 3.63) is 0 Å². The lowest BCUT2D eigenvalue weighted by Gasteiger charge is -2.46. The van der Waals surface area contributed by atoms with Crippen molar-refractivity contribution < 1.29 is 14.0 Å². The number of rotatable bonds is 22. The van der Waals surface area contributed by atoms with Gasteiger partial charge in [-0.3, -0.25) is 4.79 Å². The van der Waals surface area contributed by atoms with Gasteiger partial charge in [-0.15, -0.1) is 0 Å². The molecule has 0 saturated carbocycles. The van der Waals surface area contributed by atoms with E-state index < -0.39 is 8.32 Å². The van der Waals surface area contributed by atoms with Crippen molar-refractivity contribution in [2.75, 3.05) is 0 Å². The lowest BCUT2D eigenvalue weighted by atomic mass is 9.86. The van der Waals surface area contributed by atoms with E-state index in [2.05, 4.69) is 55.4 Å². The largest absolute Gasteiger partial charge is 0.461 e. The maximum atomic E-state index is 12.3. The molecule has 35 heavy (non-hydrogen) atoms. The Balaban J connectivity index is 2.72. The first-order valence-corrected chi connectivity index (χ1v) is 17.7. The van der Waals surface area contributed by atoms with Gasteiger partial charge >= 0.3 is 5.97 Å². The summed E-state index contributed by atoms with van der Waals surface area (Å²) in [4.78, 5) is 12.3. The van der Waals surface area contributed by atoms with Crippen LogP contribution in [0.4, 0.5) is 0 Å². The van der Waals surface area contributed by atoms with Gasteiger partial charge in [0.1, 0.15) is 6.10 Å². The van der Waals surface area contributed by atoms with E-state index in [1.54, 1.807) is 0 Å². The Hall–Kier alpha value is -0.353. The molecule has 4 heteroatoms. The third-order valence-corrected chi connectivity index (χ3v) is 14.7. The van der Waals surface area contributed by atoms with Crippen LogP contribution in [-0.4, -0.2) is 26.5 Å². The molecule has 1 rings (SSSR count). The van der Waals surface area contributed by atoms with Gasteiger partial charge < -0.3 is 9.16 Å². The van der Waals surface area contributed by atoms with Gasteiger partial charge in [0, 0.05) is 12.5 Å². The summed E-state index contributed by atoms with van der Waals surface area (Å²) in [6.07, 6.45) is 20.4. The molecule has 0 spiro atoms. The molecule has 0 N–H and O–H groups in total. The summed E-state index contributed by atoms with van der Waals surface area (Å²) in [6, 6.07) is 0. The molecule has 0 aromatic carbocycles. The molecule has 0 amide bonds. The standard InChI is InChI=1S/C31H62O3Si/c1-9-11-13-15-16-17-18-19-20-22-28(34-35(25(3)4,26(5)6)27(7)8)24-30-29(31(32)33-30)23-21-14-12-10-2/h25-30H,9-24H2,1-8H3/t28-,29+,30?/m1/s1. The number of hydrogen-bond acceptors (Lipinski definition) is 3. The predicted octanol–water partition coefficient (Wildman–Crippen LogP) is 10.4. The van der Waals surface area contributed by atoms with Crippen LogP contribution in [0, 0.1) is 5.92 Å². The van der Waals surface area contributed by atoms with E-state index in [0.717, 1.165) is 25.7 Å². The quantitative estimate of drug-likeness (QED) is 0.0825. The lowest BCUT2D eigenvalue weighted by molar-refractivity contribution is -0.188. The van der Waals surface area contributed by atoms with E-state index in [0.29, 0.717) is 16.6 Å². The average molecular weight is 511 g/mol. The minimum Gasteiger partial charge on any atom is -0.461 e. The highest BCUT2D eigenvalue weighted by Crippen LogP contribution is 2.44. The maximum absolute atomic E-state index is 12.3. The van der Waals surface area contributed by atoms with Gasteiger partial charge in [-0.25, -0.2) is 0 Å². The highest BCUT2D eigenvalue weighted by atomic mass is 28.4. The van der Waals surface area contributed by atoms with Crippen LogP contribution in [0.15, 0.2) is 0 Å². The Labute approximate surface area is 221 Å². The molecule has 3 atom stereocenters. The third-order valence-electron chi connectivity index (χ3n) is 8.59. The van der Waals surface area contributed by atoms with Gasteiger partial charge in [-0.2, -0.15) is 0 Å². The average Bonchev–Trinajstić information content (AvgIpc) is 2.79. The number of cyclic esters (lactones) is 1. The molecule has 1 aliphatic rings. The first-order chi connectivity index (χ1) is 16.7. The molecule has 1 aliphatic heterocycles. The van der Waals surface area contributed by atoms with Gasteiger partial charge in [0.05, 0.1) is 5.92 Å². The molecule has 0 radical (unpaired) electrons. The molecule has 1 heterocycles. The van der Waals surface area contributed by atoms with E-state index in [-0.39, 0.29) is 24.1 Å². The summed E-state index contributed by atoms with van der Waals surface area (Å²) in [5.74, 6) is 0.141. The second-order valence-electron chi connectivity index (χ2n) is 12.3. The number of carbonyl (C=O) groups is 1. The summed E-state index contributed by atoms with van der Waals surface area (Å²) in [5, 5.41) is 0. The number of carbonyl (C=O) groups excluding carboxylic acids is 1. The van der Waals surface area contributed by atoms with Crippen molar-refractivity contribution in [1.82, 2.24) is 0 Å². The predicted molar refractivity (Wildman–Crippen MR) is 155 cm³/mol. The van der Waals surface area contributed by atoms with E-state index in [4.69, 9.17) is 9.16 Å². The highest BCUT2D eigenvalue weighted by Gasteiger charge is 2.48. The van der Waals surface area contributed by atoms with Crippen molar-refractivity contribution in [3.8, 4) is 0 Å². The Morgan fingerprint density at radius 2 is 1.17 bits per heavy atom. The van der Waals surface area contributed by atoms with Crippen molar-refractivity contribution in [3.63, 3.8) is 0 Å². The molecule has 0 aromatic heterocycles. The summed E-state index contributed by atoms with van der Waals surface area (Å²) in [5.41, 5.74) is 1.76. The zero-order valence-corrected chi connectivity index (χ0v) is 26.0. The SMILES string of the molecule is CCCCCCCCCCC[C@H](CC1OC(=O)[C@H]1CCCCCC)O[Si](C(C)C)(C(C)C)C(C)C. The van der Waals surface area contributed by atoms with Gasteiger partial charge in [0.15, 0.2) is 0 Å². The fourth-order valence-corrected chi connectivity index (χ4v) is 12.2. The van der Waals surface area contributed by atoms with Gasteiger partial charge in [-0.05, 0) is 29.5 Å². The van der Waals surface area contributed by atoms with E-state index in [1.165, 1.54) is 77.0 Å². The fourth-order valence-electron chi connectivity index (χ4n) is 6.57. The molecule has 1 fully saturated rings. The zero-order chi connectivity index (χ0) is 26.3. The monoisotopic (exact) mass is 510 g/mol. The molecular weight excluding hydrogens is 448 g/mol. The molecule has 0 bridgehead atoms. The first kappa shape index (κ1) is 32.7. The molecular formula is C31H62O3Si. The van der Waals surface area contributed by atoms with Crippen LogP contribution in [-0.2, 0) is 14.0 Å². The minimum absolute atomic E-state index is 0.0356. The number of ether oxygens (including phenoxy) is 1. The van der Waals surface area contributed by atoms with Crippen LogP contribution < -0.4 is 0 Å². The van der Waals surface area contributed by atoms with Crippen molar-refractivity contribution >= 4 is 14.3 Å². The van der Waals surface area contributed by atoms with Crippen molar-refractivity contribution in [2.45, 2.75) is 187 Å². The number of hydrogen-bond donors (Lipinski definition) is 0. The molecule has 0 aromatic rings. The molecule has 0 aliphatic carbocycles. The van der Waals surface area contributed by atoms with Gasteiger partial charge in [0.25, 0.3) is 0 Å². The molecule has 1 unspecified atom stereocenters. The summed E-state index contributed by atoms with van der Waals surface area (Å²) in [7, 11) is -1.96. The molecule has 208 valence electrons. The third kappa shape index (κ3) is 10.9.